The zero-order valence-corrected chi connectivity index (χ0v) is 15.2. The van der Waals surface area contributed by atoms with Crippen molar-refractivity contribution in [2.45, 2.75) is 58.5 Å². The van der Waals surface area contributed by atoms with Gasteiger partial charge in [-0.15, -0.1) is 0 Å². The molecule has 0 aliphatic rings. The smallest absolute Gasteiger partial charge is 0.0915 e. The Labute approximate surface area is 139 Å². The summed E-state index contributed by atoms with van der Waals surface area (Å²) in [6.07, 6.45) is -1.15. The van der Waals surface area contributed by atoms with E-state index in [1.807, 2.05) is 12.1 Å². The average Bonchev–Trinajstić information content (AvgIpc) is 2.47. The highest BCUT2D eigenvalue weighted by Gasteiger charge is 2.40. The number of aliphatic hydroxyl groups is 4. The maximum absolute atomic E-state index is 10.8. The highest BCUT2D eigenvalue weighted by atomic mass is 16.3. The summed E-state index contributed by atoms with van der Waals surface area (Å²) in [5, 5.41) is 39.6. The largest absolute Gasteiger partial charge is 0.395 e. The Morgan fingerprint density at radius 2 is 1.30 bits per heavy atom. The molecule has 1 aromatic rings. The van der Waals surface area contributed by atoms with Gasteiger partial charge in [0, 0.05) is 0 Å². The molecule has 23 heavy (non-hydrogen) atoms. The molecule has 0 fully saturated rings. The van der Waals surface area contributed by atoms with Gasteiger partial charge in [-0.05, 0) is 27.5 Å². The number of benzene rings is 1. The van der Waals surface area contributed by atoms with Gasteiger partial charge in [0.15, 0.2) is 0 Å². The first kappa shape index (κ1) is 20.1. The number of hydrogen-bond donors (Lipinski definition) is 4. The van der Waals surface area contributed by atoms with Crippen molar-refractivity contribution in [3.05, 3.63) is 34.9 Å². The molecule has 0 saturated carbocycles. The van der Waals surface area contributed by atoms with Crippen LogP contribution in [0.4, 0.5) is 0 Å². The summed E-state index contributed by atoms with van der Waals surface area (Å²) in [5.74, 6) is 0. The van der Waals surface area contributed by atoms with Crippen LogP contribution in [0.3, 0.4) is 0 Å². The average molecular weight is 324 g/mol. The molecule has 0 radical (unpaired) electrons. The van der Waals surface area contributed by atoms with Gasteiger partial charge in [-0.2, -0.15) is 0 Å². The fraction of sp³-hybridized carbons (Fsp3) is 0.684. The van der Waals surface area contributed by atoms with Crippen LogP contribution in [0, 0.1) is 5.41 Å². The first-order valence-corrected chi connectivity index (χ1v) is 8.08. The van der Waals surface area contributed by atoms with E-state index < -0.39 is 31.3 Å². The van der Waals surface area contributed by atoms with E-state index in [1.54, 1.807) is 0 Å². The molecule has 4 N–H and O–H groups in total. The van der Waals surface area contributed by atoms with E-state index in [2.05, 4.69) is 47.6 Å². The van der Waals surface area contributed by atoms with Gasteiger partial charge in [-0.25, -0.2) is 0 Å². The maximum Gasteiger partial charge on any atom is 0.0915 e. The molecule has 4 nitrogen and oxygen atoms in total. The van der Waals surface area contributed by atoms with Gasteiger partial charge in [0.1, 0.15) is 0 Å². The van der Waals surface area contributed by atoms with Crippen molar-refractivity contribution in [3.8, 4) is 0 Å². The molecule has 0 amide bonds. The van der Waals surface area contributed by atoms with Crippen LogP contribution in [-0.2, 0) is 10.8 Å². The Hall–Kier alpha value is -0.940. The van der Waals surface area contributed by atoms with E-state index in [4.69, 9.17) is 0 Å². The number of rotatable bonds is 5. The minimum Gasteiger partial charge on any atom is -0.395 e. The lowest BCUT2D eigenvalue weighted by atomic mass is 9.73. The van der Waals surface area contributed by atoms with Crippen LogP contribution in [0.2, 0.25) is 0 Å². The summed E-state index contributed by atoms with van der Waals surface area (Å²) >= 11 is 0. The normalized spacial score (nSPS) is 14.9. The molecule has 0 spiro atoms. The highest BCUT2D eigenvalue weighted by Crippen LogP contribution is 2.40. The van der Waals surface area contributed by atoms with E-state index in [9.17, 15) is 20.4 Å². The fourth-order valence-corrected chi connectivity index (χ4v) is 2.65. The van der Waals surface area contributed by atoms with Crippen LogP contribution in [0.15, 0.2) is 18.2 Å². The van der Waals surface area contributed by atoms with Gasteiger partial charge in [0.25, 0.3) is 0 Å². The maximum atomic E-state index is 10.8. The first-order valence-electron chi connectivity index (χ1n) is 8.08. The molecule has 4 heteroatoms. The van der Waals surface area contributed by atoms with Crippen LogP contribution < -0.4 is 0 Å². The summed E-state index contributed by atoms with van der Waals surface area (Å²) in [6, 6.07) is 5.89. The van der Waals surface area contributed by atoms with Crippen LogP contribution >= 0.6 is 0 Å². The minimum atomic E-state index is -1.36. The Bertz CT molecular complexity index is 511. The van der Waals surface area contributed by atoms with E-state index >= 15 is 0 Å². The summed E-state index contributed by atoms with van der Waals surface area (Å²) in [6.45, 7) is 11.1. The summed E-state index contributed by atoms with van der Waals surface area (Å²) < 4.78 is 0. The molecule has 0 aliphatic heterocycles. The molecule has 1 aromatic carbocycles. The van der Waals surface area contributed by atoms with Gasteiger partial charge in [0.2, 0.25) is 0 Å². The quantitative estimate of drug-likeness (QED) is 0.670. The lowest BCUT2D eigenvalue weighted by Gasteiger charge is -2.36. The standard InChI is InChI=1S/C19H32O4/c1-17(2,3)13-7-8-14(15(9-13)18(4,5)6)16(23)19(10-20,11-21)12-22/h7-9,16,20-23H,10-12H2,1-6H3. The monoisotopic (exact) mass is 324 g/mol. The molecule has 0 heterocycles. The molecule has 0 aromatic heterocycles. The highest BCUT2D eigenvalue weighted by molar-refractivity contribution is 5.41. The molecule has 1 rings (SSSR count). The zero-order chi connectivity index (χ0) is 18.1. The third kappa shape index (κ3) is 4.13. The predicted molar refractivity (Wildman–Crippen MR) is 92.5 cm³/mol. The fourth-order valence-electron chi connectivity index (χ4n) is 2.65. The topological polar surface area (TPSA) is 80.9 Å². The second-order valence-electron chi connectivity index (χ2n) is 8.54. The third-order valence-corrected chi connectivity index (χ3v) is 4.55. The van der Waals surface area contributed by atoms with Crippen molar-refractivity contribution in [3.63, 3.8) is 0 Å². The van der Waals surface area contributed by atoms with Crippen molar-refractivity contribution in [2.24, 2.45) is 5.41 Å². The molecular formula is C19H32O4. The molecule has 132 valence electrons. The molecule has 1 unspecified atom stereocenters. The van der Waals surface area contributed by atoms with Gasteiger partial charge >= 0.3 is 0 Å². The SMILES string of the molecule is CC(C)(C)c1ccc(C(O)C(CO)(CO)CO)c(C(C)(C)C)c1. The minimum absolute atomic E-state index is 0.0223. The van der Waals surface area contributed by atoms with Gasteiger partial charge in [0.05, 0.1) is 31.3 Å². The second kappa shape index (κ2) is 6.89. The summed E-state index contributed by atoms with van der Waals surface area (Å²) in [7, 11) is 0. The van der Waals surface area contributed by atoms with E-state index in [0.29, 0.717) is 5.56 Å². The zero-order valence-electron chi connectivity index (χ0n) is 15.2. The van der Waals surface area contributed by atoms with Crippen LogP contribution in [0.5, 0.6) is 0 Å². The lowest BCUT2D eigenvalue weighted by molar-refractivity contribution is -0.0857. The van der Waals surface area contributed by atoms with Crippen LogP contribution in [0.1, 0.15) is 64.3 Å². The van der Waals surface area contributed by atoms with Crippen LogP contribution in [-0.4, -0.2) is 40.2 Å². The van der Waals surface area contributed by atoms with Crippen molar-refractivity contribution in [2.75, 3.05) is 19.8 Å². The van der Waals surface area contributed by atoms with Crippen molar-refractivity contribution in [1.82, 2.24) is 0 Å². The van der Waals surface area contributed by atoms with Crippen molar-refractivity contribution in [1.29, 1.82) is 0 Å². The van der Waals surface area contributed by atoms with Gasteiger partial charge in [-0.1, -0.05) is 59.7 Å². The molecular weight excluding hydrogens is 292 g/mol. The van der Waals surface area contributed by atoms with Gasteiger partial charge in [-0.3, -0.25) is 0 Å². The summed E-state index contributed by atoms with van der Waals surface area (Å²) in [5.41, 5.74) is 1.15. The Morgan fingerprint density at radius 3 is 1.65 bits per heavy atom. The predicted octanol–water partition coefficient (Wildman–Crippen LogP) is 2.28. The van der Waals surface area contributed by atoms with Crippen LogP contribution in [0.25, 0.3) is 0 Å². The Balaban J connectivity index is 3.53. The summed E-state index contributed by atoms with van der Waals surface area (Å²) in [4.78, 5) is 0. The third-order valence-electron chi connectivity index (χ3n) is 4.55. The first-order chi connectivity index (χ1) is 10.4. The van der Waals surface area contributed by atoms with Crippen molar-refractivity contribution < 1.29 is 20.4 Å². The van der Waals surface area contributed by atoms with E-state index in [1.165, 1.54) is 0 Å². The van der Waals surface area contributed by atoms with Gasteiger partial charge < -0.3 is 20.4 Å². The molecule has 1 atom stereocenters. The molecule has 0 bridgehead atoms. The second-order valence-corrected chi connectivity index (χ2v) is 8.54. The molecule has 0 saturated heterocycles. The molecule has 0 aliphatic carbocycles. The lowest BCUT2D eigenvalue weighted by Crippen LogP contribution is -2.41. The Kier molecular flexibility index (Phi) is 6.03. The van der Waals surface area contributed by atoms with Crippen molar-refractivity contribution >= 4 is 0 Å². The Morgan fingerprint density at radius 1 is 0.826 bits per heavy atom. The van der Waals surface area contributed by atoms with E-state index in [0.717, 1.165) is 11.1 Å². The number of aliphatic hydroxyl groups excluding tert-OH is 4. The number of hydrogen-bond acceptors (Lipinski definition) is 4. The van der Waals surface area contributed by atoms with E-state index in [-0.39, 0.29) is 10.8 Å².